The molecule has 0 unspecified atom stereocenters. The molecule has 38 heavy (non-hydrogen) atoms. The molecule has 1 amide bonds. The van der Waals surface area contributed by atoms with Crippen LogP contribution in [0.15, 0.2) is 73.6 Å². The number of aromatic amines is 2. The smallest absolute Gasteiger partial charge is 0.227 e. The van der Waals surface area contributed by atoms with Crippen molar-refractivity contribution in [2.75, 3.05) is 5.32 Å². The van der Waals surface area contributed by atoms with Crippen LogP contribution in [0.2, 0.25) is 0 Å². The van der Waals surface area contributed by atoms with E-state index in [1.807, 2.05) is 42.7 Å². The Kier molecular flexibility index (Phi) is 5.39. The summed E-state index contributed by atoms with van der Waals surface area (Å²) in [6, 6.07) is 11.8. The van der Waals surface area contributed by atoms with Gasteiger partial charge in [-0.1, -0.05) is 18.9 Å². The highest BCUT2D eigenvalue weighted by molar-refractivity contribution is 6.00. The molecule has 0 radical (unpaired) electrons. The number of hydrogen-bond donors (Lipinski definition) is 3. The van der Waals surface area contributed by atoms with Gasteiger partial charge in [-0.15, -0.1) is 0 Å². The lowest BCUT2D eigenvalue weighted by molar-refractivity contribution is -0.119. The summed E-state index contributed by atoms with van der Waals surface area (Å²) in [5.74, 6) is 0.159. The molecule has 0 saturated heterocycles. The Morgan fingerprint density at radius 3 is 2.63 bits per heavy atom. The Hall–Kier alpha value is -4.92. The zero-order chi connectivity index (χ0) is 25.5. The molecule has 1 saturated carbocycles. The van der Waals surface area contributed by atoms with Crippen molar-refractivity contribution < 1.29 is 4.79 Å². The molecule has 7 rings (SSSR count). The van der Waals surface area contributed by atoms with Gasteiger partial charge in [0.05, 0.1) is 52.4 Å². The van der Waals surface area contributed by atoms with E-state index in [0.29, 0.717) is 5.69 Å². The first kappa shape index (κ1) is 22.3. The molecule has 6 heterocycles. The van der Waals surface area contributed by atoms with Crippen LogP contribution in [0.5, 0.6) is 0 Å². The van der Waals surface area contributed by atoms with Gasteiger partial charge in [0.2, 0.25) is 5.91 Å². The van der Waals surface area contributed by atoms with Crippen LogP contribution in [0.4, 0.5) is 5.69 Å². The molecule has 9 nitrogen and oxygen atoms in total. The van der Waals surface area contributed by atoms with Crippen LogP contribution in [0.1, 0.15) is 25.7 Å². The number of hydrogen-bond acceptors (Lipinski definition) is 6. The van der Waals surface area contributed by atoms with Gasteiger partial charge < -0.3 is 10.3 Å². The van der Waals surface area contributed by atoms with Gasteiger partial charge in [0.25, 0.3) is 0 Å². The minimum absolute atomic E-state index is 0.0698. The van der Waals surface area contributed by atoms with Crippen LogP contribution < -0.4 is 5.32 Å². The van der Waals surface area contributed by atoms with E-state index in [9.17, 15) is 4.79 Å². The van der Waals surface area contributed by atoms with Crippen molar-refractivity contribution in [3.8, 4) is 33.9 Å². The Morgan fingerprint density at radius 1 is 0.868 bits per heavy atom. The first-order valence-electron chi connectivity index (χ1n) is 12.7. The largest absolute Gasteiger partial charge is 0.352 e. The maximum atomic E-state index is 12.6. The number of H-pyrrole nitrogens is 2. The average molecular weight is 501 g/mol. The number of fused-ring (bicyclic) bond motifs is 2. The van der Waals surface area contributed by atoms with E-state index >= 15 is 0 Å². The lowest BCUT2D eigenvalue weighted by Crippen LogP contribution is -2.20. The van der Waals surface area contributed by atoms with E-state index in [1.54, 1.807) is 24.8 Å². The van der Waals surface area contributed by atoms with Crippen LogP contribution in [-0.2, 0) is 4.79 Å². The van der Waals surface area contributed by atoms with Crippen LogP contribution >= 0.6 is 0 Å². The first-order chi connectivity index (χ1) is 18.7. The summed E-state index contributed by atoms with van der Waals surface area (Å²) in [5, 5.41) is 12.7. The molecule has 0 atom stereocenters. The minimum Gasteiger partial charge on any atom is -0.352 e. The van der Waals surface area contributed by atoms with Crippen molar-refractivity contribution in [3.05, 3.63) is 73.6 Å². The Bertz CT molecular complexity index is 1780. The summed E-state index contributed by atoms with van der Waals surface area (Å²) in [7, 11) is 0. The van der Waals surface area contributed by atoms with Crippen molar-refractivity contribution in [1.82, 2.24) is 35.1 Å². The molecule has 1 fully saturated rings. The lowest BCUT2D eigenvalue weighted by atomic mass is 10.1. The number of pyridine rings is 4. The Labute approximate surface area is 217 Å². The summed E-state index contributed by atoms with van der Waals surface area (Å²) >= 11 is 0. The molecule has 0 spiro atoms. The highest BCUT2D eigenvalue weighted by Gasteiger charge is 2.23. The standard InChI is InChI=1S/C29H24N8O/c38-29(17-5-1-2-6-17)34-19-9-18(12-30-13-19)24-11-21-27(16-33-24)36-37-28(21)25-10-20-22(14-31-15-26(20)35-25)23-7-3-4-8-32-23/h3-4,7-17,35H,1-2,5-6H2,(H,34,38)(H,36,37). The summed E-state index contributed by atoms with van der Waals surface area (Å²) in [6.45, 7) is 0. The van der Waals surface area contributed by atoms with Gasteiger partial charge in [-0.25, -0.2) is 0 Å². The number of amides is 1. The van der Waals surface area contributed by atoms with Gasteiger partial charge in [-0.2, -0.15) is 5.10 Å². The highest BCUT2D eigenvalue weighted by Crippen LogP contribution is 2.34. The lowest BCUT2D eigenvalue weighted by Gasteiger charge is -2.11. The fraction of sp³-hybridized carbons (Fsp3) is 0.172. The quantitative estimate of drug-likeness (QED) is 0.277. The average Bonchev–Trinajstić information content (AvgIpc) is 3.73. The molecule has 0 bridgehead atoms. The second-order valence-corrected chi connectivity index (χ2v) is 9.67. The molecule has 6 aromatic rings. The predicted octanol–water partition coefficient (Wildman–Crippen LogP) is 5.75. The molecule has 6 aromatic heterocycles. The Morgan fingerprint density at radius 2 is 1.76 bits per heavy atom. The van der Waals surface area contributed by atoms with Crippen molar-refractivity contribution in [2.24, 2.45) is 5.92 Å². The van der Waals surface area contributed by atoms with Gasteiger partial charge >= 0.3 is 0 Å². The van der Waals surface area contributed by atoms with Crippen molar-refractivity contribution in [3.63, 3.8) is 0 Å². The molecule has 0 aliphatic heterocycles. The molecule has 3 N–H and O–H groups in total. The first-order valence-corrected chi connectivity index (χ1v) is 12.7. The van der Waals surface area contributed by atoms with Gasteiger partial charge in [0.15, 0.2) is 0 Å². The third-order valence-corrected chi connectivity index (χ3v) is 7.22. The van der Waals surface area contributed by atoms with Crippen molar-refractivity contribution in [1.29, 1.82) is 0 Å². The number of anilines is 1. The van der Waals surface area contributed by atoms with E-state index in [-0.39, 0.29) is 11.8 Å². The SMILES string of the molecule is O=C(Nc1cncc(-c2cc3c(-c4cc5c(-c6ccccn6)cncc5[nH]4)n[nH]c3cn2)c1)C1CCCC1. The fourth-order valence-electron chi connectivity index (χ4n) is 5.27. The normalized spacial score (nSPS) is 13.9. The second-order valence-electron chi connectivity index (χ2n) is 9.67. The second kappa shape index (κ2) is 9.19. The number of nitrogens with zero attached hydrogens (tertiary/aromatic N) is 5. The number of carbonyl (C=O) groups is 1. The molecule has 1 aliphatic carbocycles. The zero-order valence-electron chi connectivity index (χ0n) is 20.5. The maximum Gasteiger partial charge on any atom is 0.227 e. The van der Waals surface area contributed by atoms with E-state index in [2.05, 4.69) is 46.5 Å². The van der Waals surface area contributed by atoms with E-state index in [1.165, 1.54) is 0 Å². The van der Waals surface area contributed by atoms with Gasteiger partial charge in [-0.05, 0) is 43.2 Å². The monoisotopic (exact) mass is 500 g/mol. The molecule has 0 aromatic carbocycles. The van der Waals surface area contributed by atoms with Gasteiger partial charge in [0.1, 0.15) is 5.69 Å². The maximum absolute atomic E-state index is 12.6. The van der Waals surface area contributed by atoms with Crippen LogP contribution in [0, 0.1) is 5.92 Å². The molecular formula is C29H24N8O. The van der Waals surface area contributed by atoms with Crippen LogP contribution in [0.3, 0.4) is 0 Å². The minimum atomic E-state index is 0.0698. The predicted molar refractivity (Wildman–Crippen MR) is 146 cm³/mol. The third kappa shape index (κ3) is 3.98. The third-order valence-electron chi connectivity index (χ3n) is 7.22. The van der Waals surface area contributed by atoms with Crippen molar-refractivity contribution in [2.45, 2.75) is 25.7 Å². The Balaban J connectivity index is 1.25. The van der Waals surface area contributed by atoms with Gasteiger partial charge in [-0.3, -0.25) is 29.8 Å². The van der Waals surface area contributed by atoms with Crippen LogP contribution in [-0.4, -0.2) is 41.0 Å². The summed E-state index contributed by atoms with van der Waals surface area (Å²) in [6.07, 6.45) is 14.8. The summed E-state index contributed by atoms with van der Waals surface area (Å²) in [4.78, 5) is 34.0. The topological polar surface area (TPSA) is 125 Å². The van der Waals surface area contributed by atoms with E-state index in [0.717, 1.165) is 81.4 Å². The van der Waals surface area contributed by atoms with Crippen molar-refractivity contribution >= 4 is 33.4 Å². The fourth-order valence-corrected chi connectivity index (χ4v) is 5.27. The molecule has 9 heteroatoms. The number of rotatable bonds is 5. The zero-order valence-corrected chi connectivity index (χ0v) is 20.5. The van der Waals surface area contributed by atoms with E-state index in [4.69, 9.17) is 0 Å². The van der Waals surface area contributed by atoms with Gasteiger partial charge in [0, 0.05) is 46.4 Å². The molecule has 186 valence electrons. The number of carbonyl (C=O) groups excluding carboxylic acids is 1. The van der Waals surface area contributed by atoms with E-state index < -0.39 is 0 Å². The number of aromatic nitrogens is 7. The molecule has 1 aliphatic rings. The summed E-state index contributed by atoms with van der Waals surface area (Å²) in [5.41, 5.74) is 7.44. The number of nitrogens with one attached hydrogen (secondary N) is 3. The van der Waals surface area contributed by atoms with Crippen LogP contribution in [0.25, 0.3) is 55.7 Å². The molecular weight excluding hydrogens is 476 g/mol. The highest BCUT2D eigenvalue weighted by atomic mass is 16.1. The summed E-state index contributed by atoms with van der Waals surface area (Å²) < 4.78 is 0.